The van der Waals surface area contributed by atoms with Crippen LogP contribution in [0, 0.1) is 0 Å². The van der Waals surface area contributed by atoms with Crippen LogP contribution in [0.3, 0.4) is 0 Å². The summed E-state index contributed by atoms with van der Waals surface area (Å²) < 4.78 is 28.1. The lowest BCUT2D eigenvalue weighted by molar-refractivity contribution is 0.228. The fraction of sp³-hybridized carbons (Fsp3) is 0.647. The maximum atomic E-state index is 13.2. The molecule has 1 aromatic rings. The van der Waals surface area contributed by atoms with Crippen molar-refractivity contribution in [1.29, 1.82) is 0 Å². The van der Waals surface area contributed by atoms with Gasteiger partial charge in [0.05, 0.1) is 4.90 Å². The summed E-state index contributed by atoms with van der Waals surface area (Å²) in [4.78, 5) is 2.71. The van der Waals surface area contributed by atoms with E-state index in [-0.39, 0.29) is 6.04 Å². The first-order valence-electron chi connectivity index (χ1n) is 8.88. The lowest BCUT2D eigenvalue weighted by Crippen LogP contribution is -2.48. The molecule has 0 bridgehead atoms. The Labute approximate surface area is 145 Å². The number of anilines is 1. The third kappa shape index (κ3) is 4.08. The summed E-state index contributed by atoms with van der Waals surface area (Å²) in [5.41, 5.74) is 6.29. The molecule has 24 heavy (non-hydrogen) atoms. The van der Waals surface area contributed by atoms with Gasteiger partial charge in [-0.3, -0.25) is 0 Å². The van der Waals surface area contributed by atoms with Crippen LogP contribution in [0.15, 0.2) is 29.2 Å². The average Bonchev–Trinajstić information content (AvgIpc) is 3.10. The fourth-order valence-corrected chi connectivity index (χ4v) is 5.29. The zero-order chi connectivity index (χ0) is 17.0. The van der Waals surface area contributed by atoms with Crippen LogP contribution in [0.4, 0.5) is 5.69 Å². The zero-order valence-corrected chi connectivity index (χ0v) is 15.0. The Hall–Kier alpha value is -1.15. The molecule has 6 nitrogen and oxygen atoms in total. The van der Waals surface area contributed by atoms with E-state index in [1.165, 1.54) is 12.8 Å². The largest absolute Gasteiger partial charge is 0.399 e. The molecule has 134 valence electrons. The number of piperidine rings is 1. The van der Waals surface area contributed by atoms with Crippen molar-refractivity contribution in [2.24, 2.45) is 0 Å². The second kappa shape index (κ2) is 7.82. The SMILES string of the molecule is Nc1ccc(S(=O)(=O)N(CCN2CCCC2)C2CCNCC2)cc1. The number of nitrogens with two attached hydrogens (primary N) is 1. The van der Waals surface area contributed by atoms with Gasteiger partial charge >= 0.3 is 0 Å². The van der Waals surface area contributed by atoms with Gasteiger partial charge in [-0.25, -0.2) is 8.42 Å². The van der Waals surface area contributed by atoms with Crippen molar-refractivity contribution in [1.82, 2.24) is 14.5 Å². The summed E-state index contributed by atoms with van der Waals surface area (Å²) >= 11 is 0. The van der Waals surface area contributed by atoms with E-state index in [0.717, 1.165) is 45.6 Å². The minimum atomic E-state index is -3.49. The maximum absolute atomic E-state index is 13.2. The Morgan fingerprint density at radius 3 is 2.38 bits per heavy atom. The molecule has 3 rings (SSSR count). The van der Waals surface area contributed by atoms with E-state index in [0.29, 0.717) is 17.1 Å². The predicted octanol–water partition coefficient (Wildman–Crippen LogP) is 1.11. The molecule has 2 aliphatic heterocycles. The minimum absolute atomic E-state index is 0.0800. The molecule has 7 heteroatoms. The number of nitrogen functional groups attached to an aromatic ring is 1. The van der Waals surface area contributed by atoms with Gasteiger partial charge in [0.15, 0.2) is 0 Å². The second-order valence-corrected chi connectivity index (χ2v) is 8.61. The highest BCUT2D eigenvalue weighted by Crippen LogP contribution is 2.23. The Morgan fingerprint density at radius 2 is 1.75 bits per heavy atom. The molecule has 3 N–H and O–H groups in total. The number of rotatable bonds is 6. The predicted molar refractivity (Wildman–Crippen MR) is 96.3 cm³/mol. The molecule has 1 aromatic carbocycles. The molecule has 2 aliphatic rings. The van der Waals surface area contributed by atoms with E-state index in [1.54, 1.807) is 28.6 Å². The molecule has 2 saturated heterocycles. The van der Waals surface area contributed by atoms with Crippen molar-refractivity contribution in [3.05, 3.63) is 24.3 Å². The third-order valence-electron chi connectivity index (χ3n) is 5.04. The molecule has 2 heterocycles. The quantitative estimate of drug-likeness (QED) is 0.750. The first-order chi connectivity index (χ1) is 11.6. The smallest absolute Gasteiger partial charge is 0.243 e. The molecule has 0 spiro atoms. The molecule has 0 atom stereocenters. The zero-order valence-electron chi connectivity index (χ0n) is 14.2. The topological polar surface area (TPSA) is 78.7 Å². The first kappa shape index (κ1) is 17.7. The van der Waals surface area contributed by atoms with Crippen LogP contribution >= 0.6 is 0 Å². The number of likely N-dealkylation sites (tertiary alicyclic amines) is 1. The van der Waals surface area contributed by atoms with Crippen molar-refractivity contribution >= 4 is 15.7 Å². The van der Waals surface area contributed by atoms with E-state index in [4.69, 9.17) is 5.73 Å². The summed E-state index contributed by atoms with van der Waals surface area (Å²) in [7, 11) is -3.49. The van der Waals surface area contributed by atoms with Gasteiger partial charge < -0.3 is 16.0 Å². The number of benzene rings is 1. The number of sulfonamides is 1. The first-order valence-corrected chi connectivity index (χ1v) is 10.3. The third-order valence-corrected chi connectivity index (χ3v) is 7.00. The van der Waals surface area contributed by atoms with Crippen LogP contribution in [0.1, 0.15) is 25.7 Å². The second-order valence-electron chi connectivity index (χ2n) is 6.71. The van der Waals surface area contributed by atoms with Gasteiger partial charge in [0.2, 0.25) is 10.0 Å². The van der Waals surface area contributed by atoms with E-state index >= 15 is 0 Å². The van der Waals surface area contributed by atoms with Gasteiger partial charge in [0.1, 0.15) is 0 Å². The van der Waals surface area contributed by atoms with Crippen molar-refractivity contribution in [2.75, 3.05) is 45.0 Å². The van der Waals surface area contributed by atoms with Crippen LogP contribution in [0.5, 0.6) is 0 Å². The molecule has 0 aliphatic carbocycles. The lowest BCUT2D eigenvalue weighted by Gasteiger charge is -2.34. The highest BCUT2D eigenvalue weighted by atomic mass is 32.2. The van der Waals surface area contributed by atoms with Crippen molar-refractivity contribution < 1.29 is 8.42 Å². The number of hydrogen-bond donors (Lipinski definition) is 2. The van der Waals surface area contributed by atoms with Crippen LogP contribution in [-0.2, 0) is 10.0 Å². The van der Waals surface area contributed by atoms with E-state index in [1.807, 2.05) is 0 Å². The van der Waals surface area contributed by atoms with Crippen molar-refractivity contribution in [2.45, 2.75) is 36.6 Å². The Balaban J connectivity index is 1.79. The Bertz CT molecular complexity index is 620. The molecular formula is C17H28N4O2S. The van der Waals surface area contributed by atoms with Crippen LogP contribution in [-0.4, -0.2) is 62.9 Å². The molecule has 2 fully saturated rings. The minimum Gasteiger partial charge on any atom is -0.399 e. The van der Waals surface area contributed by atoms with Gasteiger partial charge in [0.25, 0.3) is 0 Å². The Kier molecular flexibility index (Phi) is 5.76. The van der Waals surface area contributed by atoms with E-state index in [2.05, 4.69) is 10.2 Å². The maximum Gasteiger partial charge on any atom is 0.243 e. The number of nitrogens with one attached hydrogen (secondary N) is 1. The van der Waals surface area contributed by atoms with Gasteiger partial charge in [-0.2, -0.15) is 4.31 Å². The monoisotopic (exact) mass is 352 g/mol. The summed E-state index contributed by atoms with van der Waals surface area (Å²) in [5.74, 6) is 0. The molecule has 0 saturated carbocycles. The number of nitrogens with zero attached hydrogens (tertiary/aromatic N) is 2. The molecule has 0 amide bonds. The van der Waals surface area contributed by atoms with Gasteiger partial charge in [-0.1, -0.05) is 0 Å². The van der Waals surface area contributed by atoms with Gasteiger partial charge in [-0.05, 0) is 76.1 Å². The average molecular weight is 353 g/mol. The molecular weight excluding hydrogens is 324 g/mol. The highest BCUT2D eigenvalue weighted by Gasteiger charge is 2.32. The summed E-state index contributed by atoms with van der Waals surface area (Å²) in [6, 6.07) is 6.64. The normalized spacial score (nSPS) is 20.7. The van der Waals surface area contributed by atoms with Crippen LogP contribution in [0.25, 0.3) is 0 Å². The van der Waals surface area contributed by atoms with Crippen molar-refractivity contribution in [3.8, 4) is 0 Å². The van der Waals surface area contributed by atoms with E-state index in [9.17, 15) is 8.42 Å². The fourth-order valence-electron chi connectivity index (χ4n) is 3.62. The molecule has 0 aromatic heterocycles. The highest BCUT2D eigenvalue weighted by molar-refractivity contribution is 7.89. The van der Waals surface area contributed by atoms with Gasteiger partial charge in [0, 0.05) is 24.8 Å². The summed E-state index contributed by atoms with van der Waals surface area (Å²) in [6.07, 6.45) is 4.18. The molecule has 0 radical (unpaired) electrons. The Morgan fingerprint density at radius 1 is 1.12 bits per heavy atom. The summed E-state index contributed by atoms with van der Waals surface area (Å²) in [6.45, 7) is 5.31. The summed E-state index contributed by atoms with van der Waals surface area (Å²) in [5, 5.41) is 3.32. The van der Waals surface area contributed by atoms with Crippen LogP contribution in [0.2, 0.25) is 0 Å². The van der Waals surface area contributed by atoms with Crippen LogP contribution < -0.4 is 11.1 Å². The standard InChI is InChI=1S/C17H28N4O2S/c18-15-3-5-17(6-4-15)24(22,23)21(16-7-9-19-10-8-16)14-13-20-11-1-2-12-20/h3-6,16,19H,1-2,7-14,18H2. The molecule has 0 unspecified atom stereocenters. The van der Waals surface area contributed by atoms with Crippen molar-refractivity contribution in [3.63, 3.8) is 0 Å². The van der Waals surface area contributed by atoms with Gasteiger partial charge in [-0.15, -0.1) is 0 Å². The number of hydrogen-bond acceptors (Lipinski definition) is 5. The lowest BCUT2D eigenvalue weighted by atomic mass is 10.1. The van der Waals surface area contributed by atoms with E-state index < -0.39 is 10.0 Å².